The van der Waals surface area contributed by atoms with Gasteiger partial charge in [-0.3, -0.25) is 4.79 Å². The maximum Gasteiger partial charge on any atom is 0.385 e. The van der Waals surface area contributed by atoms with Crippen molar-refractivity contribution in [3.05, 3.63) is 95.0 Å². The first-order valence-electron chi connectivity index (χ1n) is 9.50. The summed E-state index contributed by atoms with van der Waals surface area (Å²) >= 11 is 0. The van der Waals surface area contributed by atoms with Gasteiger partial charge in [0, 0.05) is 23.8 Å². The Hall–Kier alpha value is -3.36. The average Bonchev–Trinajstić information content (AvgIpc) is 2.80. The summed E-state index contributed by atoms with van der Waals surface area (Å²) in [4.78, 5) is 15.5. The van der Waals surface area contributed by atoms with Crippen LogP contribution < -0.4 is 21.9 Å². The van der Waals surface area contributed by atoms with Gasteiger partial charge in [-0.05, 0) is 18.6 Å². The van der Waals surface area contributed by atoms with Gasteiger partial charge in [-0.25, -0.2) is 0 Å². The van der Waals surface area contributed by atoms with E-state index in [-0.39, 0.29) is 18.2 Å². The van der Waals surface area contributed by atoms with Crippen molar-refractivity contribution in [2.75, 3.05) is 13.7 Å². The van der Waals surface area contributed by atoms with Crippen LogP contribution in [0.1, 0.15) is 35.7 Å². The minimum absolute atomic E-state index is 0. The van der Waals surface area contributed by atoms with Crippen LogP contribution in [0, 0.1) is 5.39 Å². The van der Waals surface area contributed by atoms with Crippen LogP contribution in [0.5, 0.6) is 11.5 Å². The van der Waals surface area contributed by atoms with Crippen LogP contribution in [0.2, 0.25) is 0 Å². The number of diazo groups is 1. The number of ether oxygens (including phenoxy) is 2. The molecule has 3 rings (SSSR count). The number of carbonyl (C=O) groups is 1. The molecular weight excluding hydrogens is 400 g/mol. The summed E-state index contributed by atoms with van der Waals surface area (Å²) in [5.41, 5.74) is 1.81. The van der Waals surface area contributed by atoms with Gasteiger partial charge < -0.3 is 21.9 Å². The first-order valence-corrected chi connectivity index (χ1v) is 9.50. The molecule has 0 radical (unpaired) electrons. The highest BCUT2D eigenvalue weighted by Gasteiger charge is 2.15. The normalized spacial score (nSPS) is 9.23. The lowest BCUT2D eigenvalue weighted by molar-refractivity contribution is -0.0000145. The van der Waals surface area contributed by atoms with Crippen LogP contribution >= 0.6 is 0 Å². The van der Waals surface area contributed by atoms with Crippen LogP contribution in [0.25, 0.3) is 4.98 Å². The maximum absolute atomic E-state index is 12.6. The van der Waals surface area contributed by atoms with E-state index in [1.54, 1.807) is 37.4 Å². The van der Waals surface area contributed by atoms with Crippen molar-refractivity contribution in [3.8, 4) is 11.5 Å². The summed E-state index contributed by atoms with van der Waals surface area (Å²) in [6, 6.07) is 23.5. The largest absolute Gasteiger partial charge is 1.00 e. The lowest BCUT2D eigenvalue weighted by atomic mass is 10.0. The van der Waals surface area contributed by atoms with Crippen molar-refractivity contribution in [2.24, 2.45) is 0 Å². The molecule has 6 heteroatoms. The molecule has 156 valence electrons. The molecule has 0 fully saturated rings. The molecule has 3 aromatic carbocycles. The zero-order chi connectivity index (χ0) is 20.9. The summed E-state index contributed by atoms with van der Waals surface area (Å²) in [7, 11) is 1.60. The zero-order valence-corrected chi connectivity index (χ0v) is 17.9. The van der Waals surface area contributed by atoms with Crippen LogP contribution in [0.4, 0.5) is 5.69 Å². The van der Waals surface area contributed by atoms with Crippen molar-refractivity contribution >= 4 is 11.5 Å². The molecule has 5 nitrogen and oxygen atoms in total. The van der Waals surface area contributed by atoms with Gasteiger partial charge in [-0.2, -0.15) is 0 Å². The number of hydrogen-bond acceptors (Lipinski definition) is 4. The Labute approximate surface area is 183 Å². The number of nitrogens with zero attached hydrogens (tertiary/aromatic N) is 2. The van der Waals surface area contributed by atoms with E-state index in [9.17, 15) is 4.79 Å². The number of rotatable bonds is 7. The van der Waals surface area contributed by atoms with Crippen LogP contribution in [0.3, 0.4) is 0 Å². The number of ketones is 1. The Morgan fingerprint density at radius 2 is 1.60 bits per heavy atom. The topological polar surface area (TPSA) is 63.7 Å². The molecule has 0 aromatic heterocycles. The molecule has 0 unspecified atom stereocenters. The van der Waals surface area contributed by atoms with Gasteiger partial charge in [-0.1, -0.05) is 61.9 Å². The maximum atomic E-state index is 12.6. The van der Waals surface area contributed by atoms with E-state index in [2.05, 4.69) is 11.9 Å². The molecule has 0 heterocycles. The predicted octanol–water partition coefficient (Wildman–Crippen LogP) is 3.28. The summed E-state index contributed by atoms with van der Waals surface area (Å²) in [5.74, 6) is 1.23. The van der Waals surface area contributed by atoms with E-state index < -0.39 is 0 Å². The van der Waals surface area contributed by atoms with Gasteiger partial charge in [0.25, 0.3) is 0 Å². The highest BCUT2D eigenvalue weighted by Crippen LogP contribution is 2.27. The van der Waals surface area contributed by atoms with Crippen LogP contribution in [-0.4, -0.2) is 19.5 Å². The highest BCUT2D eigenvalue weighted by atomic mass is 35.5. The van der Waals surface area contributed by atoms with Crippen molar-refractivity contribution in [1.82, 2.24) is 0 Å². The molecule has 0 saturated carbocycles. The molecule has 0 aliphatic heterocycles. The third kappa shape index (κ3) is 7.57. The van der Waals surface area contributed by atoms with Gasteiger partial charge in [0.2, 0.25) is 5.39 Å². The Balaban J connectivity index is 0.000000421. The fourth-order valence-electron chi connectivity index (χ4n) is 2.50. The summed E-state index contributed by atoms with van der Waals surface area (Å²) in [6.07, 6.45) is 2.00. The second-order valence-electron chi connectivity index (χ2n) is 6.19. The molecule has 0 amide bonds. The summed E-state index contributed by atoms with van der Waals surface area (Å²) in [5, 5.41) is 8.16. The first-order chi connectivity index (χ1) is 14.2. The molecule has 0 atom stereocenters. The highest BCUT2D eigenvalue weighted by molar-refractivity contribution is 6.10. The average molecular weight is 425 g/mol. The number of unbranched alkanes of at least 4 members (excludes halogenated alkanes) is 1. The Kier molecular flexibility index (Phi) is 11.3. The summed E-state index contributed by atoms with van der Waals surface area (Å²) < 4.78 is 11.0. The van der Waals surface area contributed by atoms with E-state index in [0.717, 1.165) is 12.8 Å². The number of hydrogen-bond donors (Lipinski definition) is 0. The number of carbonyl (C=O) groups excluding carboxylic acids is 1. The molecule has 0 N–H and O–H groups in total. The lowest BCUT2D eigenvalue weighted by Crippen LogP contribution is -3.00. The third-order valence-electron chi connectivity index (χ3n) is 4.10. The number of methoxy groups -OCH3 is 1. The van der Waals surface area contributed by atoms with Gasteiger partial charge in [0.1, 0.15) is 11.5 Å². The Bertz CT molecular complexity index is 942. The third-order valence-corrected chi connectivity index (χ3v) is 4.10. The van der Waals surface area contributed by atoms with Gasteiger partial charge in [0.15, 0.2) is 10.8 Å². The van der Waals surface area contributed by atoms with E-state index in [0.29, 0.717) is 34.9 Å². The van der Waals surface area contributed by atoms with Crippen molar-refractivity contribution < 1.29 is 26.7 Å². The number of halogens is 1. The van der Waals surface area contributed by atoms with Gasteiger partial charge >= 0.3 is 5.69 Å². The quantitative estimate of drug-likeness (QED) is 0.331. The minimum atomic E-state index is -0.0373. The van der Waals surface area contributed by atoms with Gasteiger partial charge in [0.05, 0.1) is 19.3 Å². The van der Waals surface area contributed by atoms with E-state index in [4.69, 9.17) is 14.9 Å². The second kappa shape index (κ2) is 13.8. The second-order valence-corrected chi connectivity index (χ2v) is 6.19. The first kappa shape index (κ1) is 24.7. The standard InChI is InChI=1S/C18H20O3.C6H5N2.ClH/c1-3-4-12-21-17-13-15(20-2)10-11-16(17)18(19)14-8-6-5-7-9-14;7-8-6-4-2-1-3-5-6;/h5-11,13H,3-4,12H2,1-2H3;1-5H;1H/q;+1;/p-1. The van der Waals surface area contributed by atoms with Crippen molar-refractivity contribution in [3.63, 3.8) is 0 Å². The Morgan fingerprint density at radius 3 is 2.13 bits per heavy atom. The van der Waals surface area contributed by atoms with E-state index in [1.807, 2.05) is 48.5 Å². The predicted molar refractivity (Wildman–Crippen MR) is 114 cm³/mol. The zero-order valence-electron chi connectivity index (χ0n) is 17.1. The lowest BCUT2D eigenvalue weighted by Gasteiger charge is -2.12. The molecule has 30 heavy (non-hydrogen) atoms. The smallest absolute Gasteiger partial charge is 0.385 e. The fraction of sp³-hybridized carbons (Fsp3) is 0.208. The molecular formula is C24H25ClN2O3. The van der Waals surface area contributed by atoms with Gasteiger partial charge in [-0.15, -0.1) is 0 Å². The van der Waals surface area contributed by atoms with Crippen molar-refractivity contribution in [1.29, 1.82) is 5.39 Å². The molecule has 0 saturated heterocycles. The number of benzene rings is 3. The molecule has 0 aliphatic rings. The fourth-order valence-corrected chi connectivity index (χ4v) is 2.50. The molecule has 0 aliphatic carbocycles. The SMILES string of the molecule is CCCCOc1cc(OC)ccc1C(=O)c1ccccc1.N#[N+]c1ccccc1.[Cl-]. The van der Waals surface area contributed by atoms with E-state index >= 15 is 0 Å². The minimum Gasteiger partial charge on any atom is -1.00 e. The van der Waals surface area contributed by atoms with Crippen LogP contribution in [-0.2, 0) is 0 Å². The van der Waals surface area contributed by atoms with E-state index in [1.165, 1.54) is 0 Å². The summed E-state index contributed by atoms with van der Waals surface area (Å²) in [6.45, 7) is 2.70. The Morgan fingerprint density at radius 1 is 0.967 bits per heavy atom. The monoisotopic (exact) mass is 424 g/mol. The molecule has 3 aromatic rings. The van der Waals surface area contributed by atoms with Crippen LogP contribution in [0.15, 0.2) is 78.9 Å². The molecule has 0 bridgehead atoms. The molecule has 0 spiro atoms. The van der Waals surface area contributed by atoms with Crippen molar-refractivity contribution in [2.45, 2.75) is 19.8 Å².